The molecule has 4 nitrogen and oxygen atoms in total. The van der Waals surface area contributed by atoms with Crippen LogP contribution in [0.1, 0.15) is 31.7 Å². The Morgan fingerprint density at radius 1 is 1.38 bits per heavy atom. The number of β-amino-alcohol motifs (C(OH)–C–C–N with tert-alkyl or cyclic N) is 1. The number of hydrogen-bond donors (Lipinski definition) is 2. The van der Waals surface area contributed by atoms with E-state index in [2.05, 4.69) is 44.1 Å². The minimum atomic E-state index is -0.624. The number of thiophene rings is 1. The van der Waals surface area contributed by atoms with Crippen molar-refractivity contribution in [1.29, 1.82) is 0 Å². The Morgan fingerprint density at radius 3 is 2.43 bits per heavy atom. The third-order valence-electron chi connectivity index (χ3n) is 3.79. The molecule has 1 aliphatic rings. The first-order chi connectivity index (χ1) is 9.76. The van der Waals surface area contributed by atoms with Crippen LogP contribution in [0.5, 0.6) is 0 Å². The average molecular weight is 376 g/mol. The summed E-state index contributed by atoms with van der Waals surface area (Å²) in [7, 11) is 0. The Labute approximate surface area is 140 Å². The number of nitrogens with zero attached hydrogens (tertiary/aromatic N) is 2. The molecule has 1 aliphatic heterocycles. The van der Waals surface area contributed by atoms with Crippen LogP contribution in [-0.4, -0.2) is 59.3 Å². The second-order valence-electron chi connectivity index (χ2n) is 6.60. The third-order valence-corrected chi connectivity index (χ3v) is 5.55. The first-order valence-electron chi connectivity index (χ1n) is 7.44. The number of piperazine rings is 1. The molecule has 0 aliphatic carbocycles. The fourth-order valence-electron chi connectivity index (χ4n) is 3.00. The van der Waals surface area contributed by atoms with Crippen LogP contribution in [0.15, 0.2) is 15.9 Å². The summed E-state index contributed by atoms with van der Waals surface area (Å²) in [6, 6.07) is 2.57. The first-order valence-corrected chi connectivity index (χ1v) is 9.12. The van der Waals surface area contributed by atoms with Crippen molar-refractivity contribution >= 4 is 27.3 Å². The lowest BCUT2D eigenvalue weighted by atomic mass is 10.0. The van der Waals surface area contributed by atoms with Crippen molar-refractivity contribution in [1.82, 2.24) is 9.80 Å². The minimum Gasteiger partial charge on any atom is -0.389 e. The topological polar surface area (TPSA) is 52.7 Å². The maximum absolute atomic E-state index is 9.94. The van der Waals surface area contributed by atoms with Crippen LogP contribution < -0.4 is 5.73 Å². The average Bonchev–Trinajstić information content (AvgIpc) is 2.76. The molecule has 120 valence electrons. The van der Waals surface area contributed by atoms with Crippen LogP contribution in [0.4, 0.5) is 0 Å². The monoisotopic (exact) mass is 375 g/mol. The van der Waals surface area contributed by atoms with Crippen molar-refractivity contribution < 1.29 is 5.11 Å². The van der Waals surface area contributed by atoms with Gasteiger partial charge in [-0.2, -0.15) is 0 Å². The van der Waals surface area contributed by atoms with E-state index in [9.17, 15) is 5.11 Å². The Bertz CT molecular complexity index is 450. The normalized spacial score (nSPS) is 21.4. The summed E-state index contributed by atoms with van der Waals surface area (Å²) in [4.78, 5) is 6.14. The van der Waals surface area contributed by atoms with Gasteiger partial charge in [-0.1, -0.05) is 0 Å². The number of nitrogens with two attached hydrogens (primary N) is 1. The number of hydrogen-bond acceptors (Lipinski definition) is 5. The molecule has 0 amide bonds. The Hall–Kier alpha value is 0.0200. The van der Waals surface area contributed by atoms with Crippen molar-refractivity contribution in [2.75, 3.05) is 32.7 Å². The van der Waals surface area contributed by atoms with Crippen LogP contribution in [0.25, 0.3) is 0 Å². The van der Waals surface area contributed by atoms with E-state index in [1.165, 1.54) is 4.88 Å². The summed E-state index contributed by atoms with van der Waals surface area (Å²) >= 11 is 5.30. The minimum absolute atomic E-state index is 0.108. The molecule has 1 aromatic rings. The van der Waals surface area contributed by atoms with Gasteiger partial charge < -0.3 is 10.8 Å². The quantitative estimate of drug-likeness (QED) is 0.828. The maximum Gasteiger partial charge on any atom is 0.0718 e. The van der Waals surface area contributed by atoms with E-state index in [-0.39, 0.29) is 12.1 Å². The molecule has 21 heavy (non-hydrogen) atoms. The fraction of sp³-hybridized carbons (Fsp3) is 0.733. The van der Waals surface area contributed by atoms with Gasteiger partial charge in [0.25, 0.3) is 0 Å². The van der Waals surface area contributed by atoms with Gasteiger partial charge in [-0.3, -0.25) is 9.80 Å². The molecule has 2 heterocycles. The van der Waals surface area contributed by atoms with Gasteiger partial charge in [0, 0.05) is 53.5 Å². The van der Waals surface area contributed by atoms with Crippen LogP contribution in [0.2, 0.25) is 0 Å². The molecule has 2 atom stereocenters. The SMILES string of the molecule is CC(N)C(c1cc(Br)cs1)N1CCN(CC(C)(C)O)CC1. The highest BCUT2D eigenvalue weighted by Gasteiger charge is 2.30. The van der Waals surface area contributed by atoms with E-state index in [1.54, 1.807) is 11.3 Å². The summed E-state index contributed by atoms with van der Waals surface area (Å²) in [5.74, 6) is 0. The van der Waals surface area contributed by atoms with Crippen molar-refractivity contribution in [2.45, 2.75) is 38.5 Å². The van der Waals surface area contributed by atoms with Crippen LogP contribution in [0, 0.1) is 0 Å². The second kappa shape index (κ2) is 7.06. The molecular weight excluding hydrogens is 350 g/mol. The standard InChI is InChI=1S/C15H26BrN3OS/c1-11(17)14(13-8-12(16)9-21-13)19-6-4-18(5-7-19)10-15(2,3)20/h8-9,11,14,20H,4-7,10,17H2,1-3H3. The van der Waals surface area contributed by atoms with Gasteiger partial charge in [-0.05, 0) is 42.8 Å². The number of rotatable bonds is 5. The Kier molecular flexibility index (Phi) is 5.84. The maximum atomic E-state index is 9.94. The molecule has 0 bridgehead atoms. The van der Waals surface area contributed by atoms with E-state index in [4.69, 9.17) is 5.73 Å². The van der Waals surface area contributed by atoms with Gasteiger partial charge in [-0.25, -0.2) is 0 Å². The third kappa shape index (κ3) is 5.01. The molecule has 2 unspecified atom stereocenters. The largest absolute Gasteiger partial charge is 0.389 e. The van der Waals surface area contributed by atoms with Gasteiger partial charge >= 0.3 is 0 Å². The summed E-state index contributed by atoms with van der Waals surface area (Å²) in [5.41, 5.74) is 5.62. The zero-order valence-corrected chi connectivity index (χ0v) is 15.5. The molecule has 3 N–H and O–H groups in total. The highest BCUT2D eigenvalue weighted by Crippen LogP contribution is 2.32. The second-order valence-corrected chi connectivity index (χ2v) is 8.45. The molecule has 1 saturated heterocycles. The summed E-state index contributed by atoms with van der Waals surface area (Å²) in [6.07, 6.45) is 0. The zero-order chi connectivity index (χ0) is 15.6. The highest BCUT2D eigenvalue weighted by molar-refractivity contribution is 9.10. The van der Waals surface area contributed by atoms with Gasteiger partial charge in [0.15, 0.2) is 0 Å². The number of halogens is 1. The first kappa shape index (κ1) is 17.4. The molecule has 6 heteroatoms. The summed E-state index contributed by atoms with van der Waals surface area (Å²) in [6.45, 7) is 10.5. The van der Waals surface area contributed by atoms with E-state index in [0.29, 0.717) is 0 Å². The molecule has 0 aromatic carbocycles. The molecule has 1 fully saturated rings. The summed E-state index contributed by atoms with van der Waals surface area (Å²) in [5, 5.41) is 12.1. The lowest BCUT2D eigenvalue weighted by Gasteiger charge is -2.41. The van der Waals surface area contributed by atoms with Gasteiger partial charge in [-0.15, -0.1) is 11.3 Å². The summed E-state index contributed by atoms with van der Waals surface area (Å²) < 4.78 is 1.13. The van der Waals surface area contributed by atoms with Crippen LogP contribution >= 0.6 is 27.3 Å². The van der Waals surface area contributed by atoms with Crippen LogP contribution in [-0.2, 0) is 0 Å². The lowest BCUT2D eigenvalue weighted by molar-refractivity contribution is 0.00914. The van der Waals surface area contributed by atoms with E-state index < -0.39 is 5.60 Å². The molecule has 0 spiro atoms. The predicted octanol–water partition coefficient (Wildman–Crippen LogP) is 2.29. The Morgan fingerprint density at radius 2 is 2.00 bits per heavy atom. The molecule has 0 radical (unpaired) electrons. The molecule has 2 rings (SSSR count). The molecule has 1 aromatic heterocycles. The van der Waals surface area contributed by atoms with Gasteiger partial charge in [0.1, 0.15) is 0 Å². The Balaban J connectivity index is 1.98. The smallest absolute Gasteiger partial charge is 0.0718 e. The van der Waals surface area contributed by atoms with Crippen LogP contribution in [0.3, 0.4) is 0 Å². The van der Waals surface area contributed by atoms with E-state index >= 15 is 0 Å². The van der Waals surface area contributed by atoms with Crippen molar-refractivity contribution in [3.8, 4) is 0 Å². The lowest BCUT2D eigenvalue weighted by Crippen LogP contribution is -2.53. The molecule has 0 saturated carbocycles. The number of aliphatic hydroxyl groups is 1. The highest BCUT2D eigenvalue weighted by atomic mass is 79.9. The zero-order valence-electron chi connectivity index (χ0n) is 13.1. The van der Waals surface area contributed by atoms with Crippen molar-refractivity contribution in [3.05, 3.63) is 20.8 Å². The van der Waals surface area contributed by atoms with E-state index in [1.807, 2.05) is 13.8 Å². The van der Waals surface area contributed by atoms with Crippen molar-refractivity contribution in [2.24, 2.45) is 5.73 Å². The van der Waals surface area contributed by atoms with E-state index in [0.717, 1.165) is 37.2 Å². The van der Waals surface area contributed by atoms with Gasteiger partial charge in [0.2, 0.25) is 0 Å². The fourth-order valence-corrected chi connectivity index (χ4v) is 4.70. The van der Waals surface area contributed by atoms with Gasteiger partial charge in [0.05, 0.1) is 11.6 Å². The predicted molar refractivity (Wildman–Crippen MR) is 92.7 cm³/mol. The van der Waals surface area contributed by atoms with Crippen molar-refractivity contribution in [3.63, 3.8) is 0 Å². The molecular formula is C15H26BrN3OS.